The first kappa shape index (κ1) is 11.2. The molecule has 0 nitrogen and oxygen atoms in total. The van der Waals surface area contributed by atoms with Gasteiger partial charge in [-0.25, -0.2) is 0 Å². The van der Waals surface area contributed by atoms with Gasteiger partial charge in [0.2, 0.25) is 0 Å². The summed E-state index contributed by atoms with van der Waals surface area (Å²) in [6.07, 6.45) is 2.12. The summed E-state index contributed by atoms with van der Waals surface area (Å²) in [4.78, 5) is 0. The number of benzene rings is 1. The zero-order valence-corrected chi connectivity index (χ0v) is 10.2. The topological polar surface area (TPSA) is 0 Å². The largest absolute Gasteiger partial charge is 0.192 e. The van der Waals surface area contributed by atoms with Crippen molar-refractivity contribution < 1.29 is 32.7 Å². The van der Waals surface area contributed by atoms with Gasteiger partial charge in [0.1, 0.15) is 0 Å². The monoisotopic (exact) mass is 222 g/mol. The zero-order valence-electron chi connectivity index (χ0n) is 7.39. The van der Waals surface area contributed by atoms with Crippen molar-refractivity contribution in [2.24, 2.45) is 0 Å². The molecule has 0 saturated carbocycles. The van der Waals surface area contributed by atoms with Crippen molar-refractivity contribution in [3.05, 3.63) is 41.3 Å². The van der Waals surface area contributed by atoms with E-state index in [1.165, 1.54) is 16.7 Å². The van der Waals surface area contributed by atoms with Gasteiger partial charge in [-0.2, -0.15) is 24.1 Å². The molecule has 0 aromatic heterocycles. The van der Waals surface area contributed by atoms with Gasteiger partial charge in [0, 0.05) is 32.7 Å². The van der Waals surface area contributed by atoms with E-state index in [2.05, 4.69) is 45.4 Å². The fraction of sp³-hybridized carbons (Fsp3) is 0.300. The van der Waals surface area contributed by atoms with Gasteiger partial charge in [-0.15, -0.1) is 11.1 Å². The Labute approximate surface area is 94.3 Å². The molecule has 0 N–H and O–H groups in total. The third-order valence-corrected chi connectivity index (χ3v) is 1.58. The van der Waals surface area contributed by atoms with Crippen molar-refractivity contribution in [2.75, 3.05) is 0 Å². The maximum Gasteiger partial charge on any atom is 0 e. The van der Waals surface area contributed by atoms with E-state index in [9.17, 15) is 0 Å². The van der Waals surface area contributed by atoms with Crippen molar-refractivity contribution >= 4 is 0 Å². The molecule has 0 unspecified atom stereocenters. The van der Waals surface area contributed by atoms with Crippen LogP contribution in [0.4, 0.5) is 0 Å². The van der Waals surface area contributed by atoms with Gasteiger partial charge in [0.25, 0.3) is 0 Å². The van der Waals surface area contributed by atoms with Crippen LogP contribution in [0.25, 0.3) is 0 Å². The Hall–Kier alpha value is 0.194. The fourth-order valence-electron chi connectivity index (χ4n) is 1.18. The Morgan fingerprint density at radius 2 is 1.45 bits per heavy atom. The molecule has 0 aliphatic carbocycles. The molecule has 1 radical (unpaired) electrons. The van der Waals surface area contributed by atoms with Crippen LogP contribution >= 0.6 is 0 Å². The molecule has 0 saturated heterocycles. The van der Waals surface area contributed by atoms with Gasteiger partial charge in [-0.05, 0) is 0 Å². The normalized spacial score (nSPS) is 8.64. The van der Waals surface area contributed by atoms with Gasteiger partial charge in [0.15, 0.2) is 0 Å². The van der Waals surface area contributed by atoms with Crippen LogP contribution in [0.15, 0.2) is 18.2 Å². The first-order valence-electron chi connectivity index (χ1n) is 3.60. The van der Waals surface area contributed by atoms with Crippen molar-refractivity contribution in [3.8, 4) is 0 Å². The summed E-state index contributed by atoms with van der Waals surface area (Å²) in [5, 5.41) is 0. The van der Waals surface area contributed by atoms with Crippen LogP contribution in [-0.4, -0.2) is 0 Å². The Morgan fingerprint density at radius 1 is 1.00 bits per heavy atom. The minimum atomic E-state index is 0. The average molecular weight is 222 g/mol. The third kappa shape index (κ3) is 3.40. The Kier molecular flexibility index (Phi) is 5.04. The molecule has 1 rings (SSSR count). The predicted molar refractivity (Wildman–Crippen MR) is 45.0 cm³/mol. The molecule has 0 aliphatic rings. The van der Waals surface area contributed by atoms with Crippen LogP contribution in [-0.2, 0) is 32.7 Å². The number of hydrogen-bond donors (Lipinski definition) is 0. The van der Waals surface area contributed by atoms with Gasteiger partial charge in [-0.3, -0.25) is 0 Å². The molecule has 0 fully saturated rings. The number of rotatable bonds is 1. The second kappa shape index (κ2) is 4.95. The summed E-state index contributed by atoms with van der Waals surface area (Å²) >= 11 is 0. The van der Waals surface area contributed by atoms with Crippen molar-refractivity contribution in [2.45, 2.75) is 20.8 Å². The number of hydrogen-bond acceptors (Lipinski definition) is 0. The van der Waals surface area contributed by atoms with Crippen LogP contribution in [0.3, 0.4) is 0 Å². The molecule has 0 aliphatic heterocycles. The van der Waals surface area contributed by atoms with E-state index in [4.69, 9.17) is 0 Å². The summed E-state index contributed by atoms with van der Waals surface area (Å²) in [6.45, 7) is 6.31. The standard InChI is InChI=1S/C10H13.Y/c1-4-10-6-8(2)5-9(3)7-10;/h4-7H,1-3H3;/q-1;. The van der Waals surface area contributed by atoms with Gasteiger partial charge < -0.3 is 0 Å². The smallest absolute Gasteiger partial charge is 0 e. The van der Waals surface area contributed by atoms with E-state index in [0.29, 0.717) is 0 Å². The second-order valence-corrected chi connectivity index (χ2v) is 2.71. The van der Waals surface area contributed by atoms with Crippen LogP contribution in [0.5, 0.6) is 0 Å². The van der Waals surface area contributed by atoms with Gasteiger partial charge >= 0.3 is 0 Å². The predicted octanol–water partition coefficient (Wildman–Crippen LogP) is 2.87. The minimum Gasteiger partial charge on any atom is -0.192 e. The van der Waals surface area contributed by atoms with Crippen LogP contribution in [0.1, 0.15) is 23.6 Å². The molecular weight excluding hydrogens is 209 g/mol. The van der Waals surface area contributed by atoms with Gasteiger partial charge in [0.05, 0.1) is 0 Å². The van der Waals surface area contributed by atoms with Crippen molar-refractivity contribution in [3.63, 3.8) is 0 Å². The quantitative estimate of drug-likeness (QED) is 0.641. The molecule has 1 aromatic carbocycles. The van der Waals surface area contributed by atoms with Crippen molar-refractivity contribution in [1.29, 1.82) is 0 Å². The molecule has 11 heavy (non-hydrogen) atoms. The van der Waals surface area contributed by atoms with Crippen LogP contribution < -0.4 is 0 Å². The van der Waals surface area contributed by atoms with E-state index >= 15 is 0 Å². The number of aryl methyl sites for hydroxylation is 2. The summed E-state index contributed by atoms with van der Waals surface area (Å²) in [5.41, 5.74) is 4.00. The van der Waals surface area contributed by atoms with E-state index < -0.39 is 0 Å². The molecule has 0 amide bonds. The average Bonchev–Trinajstić information content (AvgIpc) is 1.85. The molecule has 0 bridgehead atoms. The zero-order chi connectivity index (χ0) is 7.56. The second-order valence-electron chi connectivity index (χ2n) is 2.71. The SMILES string of the molecule is C[CH-]c1cc(C)cc(C)c1.[Y]. The summed E-state index contributed by atoms with van der Waals surface area (Å²) in [5.74, 6) is 0. The third-order valence-electron chi connectivity index (χ3n) is 1.58. The van der Waals surface area contributed by atoms with E-state index in [0.717, 1.165) is 0 Å². The first-order chi connectivity index (χ1) is 4.72. The van der Waals surface area contributed by atoms with E-state index in [1.807, 2.05) is 0 Å². The molecule has 0 heterocycles. The summed E-state index contributed by atoms with van der Waals surface area (Å²) < 4.78 is 0. The van der Waals surface area contributed by atoms with Crippen LogP contribution in [0.2, 0.25) is 0 Å². The molecular formula is C10H13Y-. The molecule has 57 valence electrons. The Bertz CT molecular complexity index is 208. The van der Waals surface area contributed by atoms with E-state index in [1.54, 1.807) is 0 Å². The van der Waals surface area contributed by atoms with Crippen molar-refractivity contribution in [1.82, 2.24) is 0 Å². The molecule has 0 atom stereocenters. The Balaban J connectivity index is 0.000001000. The first-order valence-corrected chi connectivity index (χ1v) is 3.60. The Morgan fingerprint density at radius 3 is 1.82 bits per heavy atom. The molecule has 0 spiro atoms. The maximum absolute atomic E-state index is 2.19. The van der Waals surface area contributed by atoms with Gasteiger partial charge in [-0.1, -0.05) is 26.8 Å². The minimum absolute atomic E-state index is 0. The van der Waals surface area contributed by atoms with E-state index in [-0.39, 0.29) is 32.7 Å². The van der Waals surface area contributed by atoms with Crippen LogP contribution in [0, 0.1) is 20.3 Å². The molecule has 1 heteroatoms. The maximum atomic E-state index is 2.19. The summed E-state index contributed by atoms with van der Waals surface area (Å²) in [7, 11) is 0. The fourth-order valence-corrected chi connectivity index (χ4v) is 1.18. The summed E-state index contributed by atoms with van der Waals surface area (Å²) in [6, 6.07) is 6.56. The molecule has 1 aromatic rings.